The molecule has 4 nitrogen and oxygen atoms in total. The first kappa shape index (κ1) is 18.7. The summed E-state index contributed by atoms with van der Waals surface area (Å²) in [4.78, 5) is 2.51. The molecule has 26 heavy (non-hydrogen) atoms. The van der Waals surface area contributed by atoms with Gasteiger partial charge in [-0.3, -0.25) is 4.90 Å². The van der Waals surface area contributed by atoms with Crippen LogP contribution in [0.3, 0.4) is 0 Å². The lowest BCUT2D eigenvalue weighted by atomic mass is 10.0. The second-order valence-corrected chi connectivity index (χ2v) is 7.11. The third-order valence-electron chi connectivity index (χ3n) is 4.81. The Balaban J connectivity index is 1.69. The lowest BCUT2D eigenvalue weighted by Gasteiger charge is -2.29. The summed E-state index contributed by atoms with van der Waals surface area (Å²) in [7, 11) is 1.73. The zero-order valence-electron chi connectivity index (χ0n) is 15.5. The van der Waals surface area contributed by atoms with Crippen molar-refractivity contribution in [1.29, 1.82) is 0 Å². The number of nitrogens with zero attached hydrogens (tertiary/aromatic N) is 1. The minimum atomic E-state index is 0.242. The number of ether oxygens (including phenoxy) is 1. The van der Waals surface area contributed by atoms with Gasteiger partial charge in [0, 0.05) is 17.8 Å². The number of benzene rings is 2. The topological polar surface area (TPSA) is 36.5 Å². The monoisotopic (exact) mass is 369 g/mol. The number of likely N-dealkylation sites (tertiary alicyclic amines) is 1. The maximum absolute atomic E-state index is 5.60. The van der Waals surface area contributed by atoms with Crippen molar-refractivity contribution >= 4 is 23.0 Å². The van der Waals surface area contributed by atoms with Gasteiger partial charge in [0.15, 0.2) is 5.11 Å². The first-order chi connectivity index (χ1) is 12.7. The third-order valence-corrected chi connectivity index (χ3v) is 5.06. The van der Waals surface area contributed by atoms with Gasteiger partial charge in [-0.1, -0.05) is 30.3 Å². The molecule has 2 aromatic rings. The number of hydrogen-bond acceptors (Lipinski definition) is 3. The number of methoxy groups -OCH3 is 1. The van der Waals surface area contributed by atoms with Gasteiger partial charge in [-0.2, -0.15) is 0 Å². The van der Waals surface area contributed by atoms with Gasteiger partial charge in [-0.05, 0) is 68.8 Å². The van der Waals surface area contributed by atoms with Crippen LogP contribution >= 0.6 is 12.2 Å². The van der Waals surface area contributed by atoms with Gasteiger partial charge in [0.2, 0.25) is 0 Å². The molecule has 2 N–H and O–H groups in total. The predicted octanol–water partition coefficient (Wildman–Crippen LogP) is 4.13. The highest BCUT2D eigenvalue weighted by molar-refractivity contribution is 7.80. The zero-order chi connectivity index (χ0) is 18.4. The van der Waals surface area contributed by atoms with E-state index in [9.17, 15) is 0 Å². The Morgan fingerprint density at radius 3 is 2.65 bits per heavy atom. The number of aryl methyl sites for hydroxylation is 1. The van der Waals surface area contributed by atoms with Crippen molar-refractivity contribution in [2.24, 2.45) is 0 Å². The molecule has 0 bridgehead atoms. The Kier molecular flexibility index (Phi) is 6.47. The molecule has 0 aromatic heterocycles. The fraction of sp³-hybridized carbons (Fsp3) is 0.381. The molecule has 1 heterocycles. The molecule has 2 aromatic carbocycles. The summed E-state index contributed by atoms with van der Waals surface area (Å²) in [6.07, 6.45) is 2.50. The van der Waals surface area contributed by atoms with Crippen molar-refractivity contribution < 1.29 is 4.74 Å². The summed E-state index contributed by atoms with van der Waals surface area (Å²) in [5.74, 6) is 0.934. The lowest BCUT2D eigenvalue weighted by molar-refractivity contribution is 0.240. The van der Waals surface area contributed by atoms with Gasteiger partial charge in [-0.15, -0.1) is 0 Å². The van der Waals surface area contributed by atoms with Crippen LogP contribution in [0.1, 0.15) is 30.0 Å². The molecule has 1 fully saturated rings. The second kappa shape index (κ2) is 9.01. The number of nitrogens with one attached hydrogen (secondary N) is 2. The van der Waals surface area contributed by atoms with Gasteiger partial charge in [0.25, 0.3) is 0 Å². The van der Waals surface area contributed by atoms with Crippen molar-refractivity contribution in [2.45, 2.75) is 25.8 Å². The van der Waals surface area contributed by atoms with E-state index < -0.39 is 0 Å². The second-order valence-electron chi connectivity index (χ2n) is 6.71. The predicted molar refractivity (Wildman–Crippen MR) is 112 cm³/mol. The third kappa shape index (κ3) is 4.74. The normalized spacial score (nSPS) is 15.5. The van der Waals surface area contributed by atoms with Gasteiger partial charge in [0.05, 0.1) is 13.2 Å². The van der Waals surface area contributed by atoms with Gasteiger partial charge in [0.1, 0.15) is 5.75 Å². The van der Waals surface area contributed by atoms with Crippen LogP contribution in [0.5, 0.6) is 5.75 Å². The molecule has 3 rings (SSSR count). The van der Waals surface area contributed by atoms with E-state index in [-0.39, 0.29) is 6.04 Å². The van der Waals surface area contributed by atoms with Gasteiger partial charge in [-0.25, -0.2) is 0 Å². The van der Waals surface area contributed by atoms with Crippen LogP contribution in [0.15, 0.2) is 48.5 Å². The first-order valence-electron chi connectivity index (χ1n) is 9.16. The molecule has 0 radical (unpaired) electrons. The van der Waals surface area contributed by atoms with E-state index in [1.165, 1.54) is 24.0 Å². The molecular formula is C21H27N3OS. The average Bonchev–Trinajstić information content (AvgIpc) is 3.17. The average molecular weight is 370 g/mol. The van der Waals surface area contributed by atoms with E-state index in [1.807, 2.05) is 24.3 Å². The Bertz CT molecular complexity index is 744. The van der Waals surface area contributed by atoms with E-state index in [1.54, 1.807) is 7.11 Å². The van der Waals surface area contributed by atoms with E-state index in [0.29, 0.717) is 5.11 Å². The molecule has 1 atom stereocenters. The molecule has 1 aliphatic rings. The summed E-state index contributed by atoms with van der Waals surface area (Å²) >= 11 is 5.51. The highest BCUT2D eigenvalue weighted by atomic mass is 32.1. The van der Waals surface area contributed by atoms with Crippen molar-refractivity contribution in [1.82, 2.24) is 10.2 Å². The summed E-state index contributed by atoms with van der Waals surface area (Å²) < 4.78 is 5.60. The van der Waals surface area contributed by atoms with Crippen LogP contribution in [0.4, 0.5) is 5.69 Å². The molecule has 0 amide bonds. The summed E-state index contributed by atoms with van der Waals surface area (Å²) in [6.45, 7) is 5.05. The molecular weight excluding hydrogens is 342 g/mol. The van der Waals surface area contributed by atoms with Crippen LogP contribution in [0, 0.1) is 6.92 Å². The standard InChI is InChI=1S/C21H27N3OS/c1-16-8-7-9-17(14-16)23-21(26)22-15-19(24-12-5-6-13-24)18-10-3-4-11-20(18)25-2/h3-4,7-11,14,19H,5-6,12-13,15H2,1-2H3,(H2,22,23,26)/t19-/m1/s1. The Morgan fingerprint density at radius 2 is 1.92 bits per heavy atom. The number of hydrogen-bond donors (Lipinski definition) is 2. The van der Waals surface area contributed by atoms with Crippen molar-refractivity contribution in [3.05, 3.63) is 59.7 Å². The Labute approximate surface area is 161 Å². The fourth-order valence-electron chi connectivity index (χ4n) is 3.52. The summed E-state index contributed by atoms with van der Waals surface area (Å²) in [6, 6.07) is 16.7. The minimum absolute atomic E-state index is 0.242. The Morgan fingerprint density at radius 1 is 1.15 bits per heavy atom. The number of thiocarbonyl (C=S) groups is 1. The molecule has 0 unspecified atom stereocenters. The molecule has 0 spiro atoms. The molecule has 1 saturated heterocycles. The molecule has 1 aliphatic heterocycles. The summed E-state index contributed by atoms with van der Waals surface area (Å²) in [5, 5.41) is 7.33. The SMILES string of the molecule is COc1ccccc1[C@@H](CNC(=S)Nc1cccc(C)c1)N1CCCC1. The lowest BCUT2D eigenvalue weighted by Crippen LogP contribution is -2.38. The number of para-hydroxylation sites is 1. The number of anilines is 1. The highest BCUT2D eigenvalue weighted by Crippen LogP contribution is 2.31. The Hall–Kier alpha value is -2.11. The van der Waals surface area contributed by atoms with Crippen LogP contribution in [-0.4, -0.2) is 36.8 Å². The summed E-state index contributed by atoms with van der Waals surface area (Å²) in [5.41, 5.74) is 3.43. The van der Waals surface area contributed by atoms with Crippen LogP contribution in [0.25, 0.3) is 0 Å². The van der Waals surface area contributed by atoms with Crippen LogP contribution in [-0.2, 0) is 0 Å². The molecule has 0 saturated carbocycles. The number of rotatable bonds is 6. The fourth-order valence-corrected chi connectivity index (χ4v) is 3.72. The minimum Gasteiger partial charge on any atom is -0.496 e. The van der Waals surface area contributed by atoms with Crippen molar-refractivity contribution in [3.8, 4) is 5.75 Å². The van der Waals surface area contributed by atoms with E-state index in [2.05, 4.69) is 46.7 Å². The van der Waals surface area contributed by atoms with E-state index in [4.69, 9.17) is 17.0 Å². The van der Waals surface area contributed by atoms with Crippen molar-refractivity contribution in [3.63, 3.8) is 0 Å². The zero-order valence-corrected chi connectivity index (χ0v) is 16.3. The maximum atomic E-state index is 5.60. The largest absolute Gasteiger partial charge is 0.496 e. The van der Waals surface area contributed by atoms with Crippen LogP contribution in [0.2, 0.25) is 0 Å². The van der Waals surface area contributed by atoms with Crippen molar-refractivity contribution in [2.75, 3.05) is 32.1 Å². The van der Waals surface area contributed by atoms with E-state index in [0.717, 1.165) is 31.1 Å². The van der Waals surface area contributed by atoms with Gasteiger partial charge >= 0.3 is 0 Å². The van der Waals surface area contributed by atoms with Gasteiger partial charge < -0.3 is 15.4 Å². The molecule has 5 heteroatoms. The maximum Gasteiger partial charge on any atom is 0.170 e. The van der Waals surface area contributed by atoms with Crippen LogP contribution < -0.4 is 15.4 Å². The highest BCUT2D eigenvalue weighted by Gasteiger charge is 2.25. The smallest absolute Gasteiger partial charge is 0.170 e. The first-order valence-corrected chi connectivity index (χ1v) is 9.56. The van der Waals surface area contributed by atoms with E-state index >= 15 is 0 Å². The molecule has 0 aliphatic carbocycles. The molecule has 138 valence electrons. The quantitative estimate of drug-likeness (QED) is 0.749.